The van der Waals surface area contributed by atoms with E-state index >= 15 is 0 Å². The van der Waals surface area contributed by atoms with Gasteiger partial charge in [0.05, 0.1) is 0 Å². The number of para-hydroxylation sites is 1. The zero-order chi connectivity index (χ0) is 13.4. The molecule has 0 aliphatic carbocycles. The smallest absolute Gasteiger partial charge is 0.276 e. The van der Waals surface area contributed by atoms with Gasteiger partial charge >= 0.3 is 0 Å². The molecule has 2 heterocycles. The second kappa shape index (κ2) is 4.16. The quantitative estimate of drug-likeness (QED) is 0.551. The highest BCUT2D eigenvalue weighted by molar-refractivity contribution is 5.79. The number of hydrogen-bond acceptors (Lipinski definition) is 4. The molecule has 2 aromatic heterocycles. The van der Waals surface area contributed by atoms with Crippen LogP contribution in [-0.2, 0) is 6.42 Å². The Balaban J connectivity index is 2.12. The van der Waals surface area contributed by atoms with Crippen LogP contribution >= 0.6 is 0 Å². The van der Waals surface area contributed by atoms with Crippen molar-refractivity contribution in [1.29, 1.82) is 0 Å². The topological polar surface area (TPSA) is 108 Å². The molecule has 0 spiro atoms. The maximum atomic E-state index is 11.7. The van der Waals surface area contributed by atoms with Gasteiger partial charge < -0.3 is 15.8 Å². The van der Waals surface area contributed by atoms with Gasteiger partial charge in [0.1, 0.15) is 16.8 Å². The van der Waals surface area contributed by atoms with Gasteiger partial charge in [-0.15, -0.1) is 0 Å². The van der Waals surface area contributed by atoms with Crippen LogP contribution in [0.5, 0.6) is 5.75 Å². The molecule has 0 saturated carbocycles. The predicted octanol–water partition coefficient (Wildman–Crippen LogP) is 1.13. The molecule has 3 aromatic rings. The summed E-state index contributed by atoms with van der Waals surface area (Å²) in [7, 11) is 0. The van der Waals surface area contributed by atoms with Gasteiger partial charge in [-0.1, -0.05) is 18.2 Å². The van der Waals surface area contributed by atoms with Gasteiger partial charge in [0.15, 0.2) is 0 Å². The number of anilines is 1. The van der Waals surface area contributed by atoms with E-state index in [1.165, 1.54) is 0 Å². The van der Waals surface area contributed by atoms with Gasteiger partial charge in [0.25, 0.3) is 5.56 Å². The second-order valence-electron chi connectivity index (χ2n) is 4.29. The molecular formula is C13H12N4O2. The molecule has 0 atom stereocenters. The van der Waals surface area contributed by atoms with Crippen molar-refractivity contribution < 1.29 is 5.11 Å². The maximum absolute atomic E-state index is 11.7. The number of benzene rings is 1. The Labute approximate surface area is 107 Å². The van der Waals surface area contributed by atoms with Crippen molar-refractivity contribution in [2.24, 2.45) is 0 Å². The zero-order valence-electron chi connectivity index (χ0n) is 9.97. The molecule has 1 aromatic carbocycles. The molecule has 0 aliphatic rings. The lowest BCUT2D eigenvalue weighted by atomic mass is 10.1. The number of fused-ring (bicyclic) bond motifs is 1. The summed E-state index contributed by atoms with van der Waals surface area (Å²) in [5.74, 6) is 0.297. The van der Waals surface area contributed by atoms with Crippen LogP contribution in [0.1, 0.15) is 11.1 Å². The molecule has 0 amide bonds. The van der Waals surface area contributed by atoms with Gasteiger partial charge in [-0.2, -0.15) is 0 Å². The van der Waals surface area contributed by atoms with Crippen LogP contribution in [-0.4, -0.2) is 20.1 Å². The van der Waals surface area contributed by atoms with Crippen LogP contribution in [0.4, 0.5) is 5.95 Å². The molecular weight excluding hydrogens is 244 g/mol. The molecule has 0 aliphatic heterocycles. The summed E-state index contributed by atoms with van der Waals surface area (Å²) < 4.78 is 0. The number of nitrogens with two attached hydrogens (primary N) is 1. The minimum atomic E-state index is -0.300. The monoisotopic (exact) mass is 256 g/mol. The number of aromatic hydroxyl groups is 1. The Morgan fingerprint density at radius 2 is 2.05 bits per heavy atom. The lowest BCUT2D eigenvalue weighted by Gasteiger charge is -2.03. The lowest BCUT2D eigenvalue weighted by Crippen LogP contribution is -2.11. The summed E-state index contributed by atoms with van der Waals surface area (Å²) in [6.45, 7) is 0. The SMILES string of the molecule is Nc1nc2c(Cc3ccccc3O)c[nH]c2c(=O)[nH]1. The highest BCUT2D eigenvalue weighted by atomic mass is 16.3. The largest absolute Gasteiger partial charge is 0.508 e. The van der Waals surface area contributed by atoms with Crippen LogP contribution < -0.4 is 11.3 Å². The van der Waals surface area contributed by atoms with Crippen molar-refractivity contribution in [2.45, 2.75) is 6.42 Å². The fraction of sp³-hybridized carbons (Fsp3) is 0.0769. The highest BCUT2D eigenvalue weighted by Gasteiger charge is 2.11. The molecule has 0 fully saturated rings. The van der Waals surface area contributed by atoms with Gasteiger partial charge in [-0.05, 0) is 11.6 Å². The number of phenols is 1. The molecule has 0 radical (unpaired) electrons. The maximum Gasteiger partial charge on any atom is 0.276 e. The third kappa shape index (κ3) is 1.93. The first-order chi connectivity index (χ1) is 9.15. The number of nitrogen functional groups attached to an aromatic ring is 1. The van der Waals surface area contributed by atoms with Crippen molar-refractivity contribution in [3.05, 3.63) is 51.9 Å². The van der Waals surface area contributed by atoms with Crippen LogP contribution in [0.2, 0.25) is 0 Å². The summed E-state index contributed by atoms with van der Waals surface area (Å²) in [6, 6.07) is 7.05. The number of rotatable bonds is 2. The Kier molecular flexibility index (Phi) is 2.49. The Morgan fingerprint density at radius 1 is 1.26 bits per heavy atom. The molecule has 19 heavy (non-hydrogen) atoms. The van der Waals surface area contributed by atoms with Crippen molar-refractivity contribution in [1.82, 2.24) is 15.0 Å². The normalized spacial score (nSPS) is 10.9. The minimum Gasteiger partial charge on any atom is -0.508 e. The number of nitrogens with zero attached hydrogens (tertiary/aromatic N) is 1. The summed E-state index contributed by atoms with van der Waals surface area (Å²) in [5.41, 5.74) is 7.75. The molecule has 96 valence electrons. The summed E-state index contributed by atoms with van der Waals surface area (Å²) in [4.78, 5) is 21.1. The van der Waals surface area contributed by atoms with Crippen molar-refractivity contribution >= 4 is 17.0 Å². The van der Waals surface area contributed by atoms with E-state index in [0.29, 0.717) is 17.5 Å². The first-order valence-corrected chi connectivity index (χ1v) is 5.78. The number of aromatic amines is 2. The molecule has 0 unspecified atom stereocenters. The number of aromatic nitrogens is 3. The molecule has 0 saturated heterocycles. The van der Waals surface area contributed by atoms with Crippen molar-refractivity contribution in [2.75, 3.05) is 5.73 Å². The third-order valence-corrected chi connectivity index (χ3v) is 3.01. The van der Waals surface area contributed by atoms with Crippen LogP contribution in [0.25, 0.3) is 11.0 Å². The standard InChI is InChI=1S/C13H12N4O2/c14-13-16-10-8(6-15-11(10)12(19)17-13)5-7-3-1-2-4-9(7)18/h1-4,6,15,18H,5H2,(H3,14,16,17,19). The number of nitrogens with one attached hydrogen (secondary N) is 2. The number of hydrogen-bond donors (Lipinski definition) is 4. The Morgan fingerprint density at radius 3 is 2.84 bits per heavy atom. The molecule has 0 bridgehead atoms. The Bertz CT molecular complexity index is 804. The summed E-state index contributed by atoms with van der Waals surface area (Å²) in [5, 5.41) is 9.77. The molecule has 6 heteroatoms. The Hall–Kier alpha value is -2.76. The summed E-state index contributed by atoms with van der Waals surface area (Å²) in [6.07, 6.45) is 2.18. The van der Waals surface area contributed by atoms with E-state index in [4.69, 9.17) is 5.73 Å². The lowest BCUT2D eigenvalue weighted by molar-refractivity contribution is 0.469. The molecule has 5 N–H and O–H groups in total. The molecule has 3 rings (SSSR count). The van der Waals surface area contributed by atoms with E-state index in [1.807, 2.05) is 12.1 Å². The average molecular weight is 256 g/mol. The van der Waals surface area contributed by atoms with Crippen LogP contribution in [0.15, 0.2) is 35.3 Å². The third-order valence-electron chi connectivity index (χ3n) is 3.01. The van der Waals surface area contributed by atoms with E-state index in [0.717, 1.165) is 11.1 Å². The zero-order valence-corrected chi connectivity index (χ0v) is 9.97. The fourth-order valence-electron chi connectivity index (χ4n) is 2.08. The van der Waals surface area contributed by atoms with E-state index in [1.54, 1.807) is 18.3 Å². The van der Waals surface area contributed by atoms with Gasteiger partial charge in [0, 0.05) is 18.2 Å². The average Bonchev–Trinajstić information content (AvgIpc) is 2.76. The van der Waals surface area contributed by atoms with Crippen LogP contribution in [0, 0.1) is 0 Å². The first-order valence-electron chi connectivity index (χ1n) is 5.78. The van der Waals surface area contributed by atoms with E-state index in [9.17, 15) is 9.90 Å². The second-order valence-corrected chi connectivity index (χ2v) is 4.29. The predicted molar refractivity (Wildman–Crippen MR) is 72.0 cm³/mol. The van der Waals surface area contributed by atoms with Crippen LogP contribution in [0.3, 0.4) is 0 Å². The minimum absolute atomic E-state index is 0.0793. The van der Waals surface area contributed by atoms with Crippen molar-refractivity contribution in [3.8, 4) is 5.75 Å². The number of phenolic OH excluding ortho intramolecular Hbond substituents is 1. The number of H-pyrrole nitrogens is 2. The van der Waals surface area contributed by atoms with Gasteiger partial charge in [-0.25, -0.2) is 4.98 Å². The van der Waals surface area contributed by atoms with Crippen molar-refractivity contribution in [3.63, 3.8) is 0 Å². The van der Waals surface area contributed by atoms with Gasteiger partial charge in [-0.3, -0.25) is 9.78 Å². The molecule has 6 nitrogen and oxygen atoms in total. The van der Waals surface area contributed by atoms with E-state index in [2.05, 4.69) is 15.0 Å². The van der Waals surface area contributed by atoms with E-state index in [-0.39, 0.29) is 17.3 Å². The van der Waals surface area contributed by atoms with Gasteiger partial charge in [0.2, 0.25) is 5.95 Å². The summed E-state index contributed by atoms with van der Waals surface area (Å²) >= 11 is 0. The highest BCUT2D eigenvalue weighted by Crippen LogP contribution is 2.22. The van der Waals surface area contributed by atoms with E-state index < -0.39 is 0 Å². The first kappa shape index (κ1) is 11.3. The fourth-order valence-corrected chi connectivity index (χ4v) is 2.08.